The van der Waals surface area contributed by atoms with E-state index in [0.717, 1.165) is 15.4 Å². The number of carbonyl (C=O) groups excluding carboxylic acids is 1. The van der Waals surface area contributed by atoms with E-state index < -0.39 is 5.91 Å². The van der Waals surface area contributed by atoms with Gasteiger partial charge in [0.05, 0.1) is 19.9 Å². The van der Waals surface area contributed by atoms with Gasteiger partial charge in [0.1, 0.15) is 5.58 Å². The minimum Gasteiger partial charge on any atom is -0.493 e. The molecule has 7 heteroatoms. The molecule has 1 N–H and O–H groups in total. The molecule has 0 spiro atoms. The average molecular weight is 417 g/mol. The molecule has 3 aromatic rings. The van der Waals surface area contributed by atoms with Crippen LogP contribution in [0.5, 0.6) is 11.5 Å². The van der Waals surface area contributed by atoms with Gasteiger partial charge in [0, 0.05) is 9.86 Å². The van der Waals surface area contributed by atoms with Gasteiger partial charge in [-0.3, -0.25) is 4.79 Å². The van der Waals surface area contributed by atoms with E-state index in [0.29, 0.717) is 23.7 Å². The summed E-state index contributed by atoms with van der Waals surface area (Å²) in [6, 6.07) is 12.6. The number of amides is 1. The van der Waals surface area contributed by atoms with Gasteiger partial charge in [0.2, 0.25) is 0 Å². The SMILES string of the molecule is CCOc1ccc(/C=N/NC(=O)c2cc3cc(Br)ccc3o2)cc1OC. The lowest BCUT2D eigenvalue weighted by molar-refractivity contribution is 0.0929. The molecule has 0 fully saturated rings. The highest BCUT2D eigenvalue weighted by Gasteiger charge is 2.11. The Kier molecular flexibility index (Phi) is 5.58. The smallest absolute Gasteiger partial charge is 0.307 e. The predicted octanol–water partition coefficient (Wildman–Crippen LogP) is 4.37. The summed E-state index contributed by atoms with van der Waals surface area (Å²) in [6.07, 6.45) is 1.52. The number of furan rings is 1. The Hall–Kier alpha value is -2.80. The van der Waals surface area contributed by atoms with Gasteiger partial charge in [-0.05, 0) is 55.0 Å². The first-order valence-electron chi connectivity index (χ1n) is 7.94. The van der Waals surface area contributed by atoms with Gasteiger partial charge in [0.15, 0.2) is 17.3 Å². The molecule has 6 nitrogen and oxygen atoms in total. The normalized spacial score (nSPS) is 11.0. The average Bonchev–Trinajstić information content (AvgIpc) is 3.06. The van der Waals surface area contributed by atoms with Crippen molar-refractivity contribution in [1.29, 1.82) is 0 Å². The molecule has 1 amide bonds. The van der Waals surface area contributed by atoms with Crippen LogP contribution in [0, 0.1) is 0 Å². The third kappa shape index (κ3) is 4.05. The van der Waals surface area contributed by atoms with Crippen LogP contribution in [0.15, 0.2) is 56.5 Å². The van der Waals surface area contributed by atoms with E-state index >= 15 is 0 Å². The second-order valence-electron chi connectivity index (χ2n) is 5.34. The van der Waals surface area contributed by atoms with Crippen molar-refractivity contribution in [2.45, 2.75) is 6.92 Å². The fourth-order valence-corrected chi connectivity index (χ4v) is 2.76. The van der Waals surface area contributed by atoms with Crippen molar-refractivity contribution in [1.82, 2.24) is 5.43 Å². The molecule has 0 saturated carbocycles. The van der Waals surface area contributed by atoms with Crippen molar-refractivity contribution in [2.75, 3.05) is 13.7 Å². The molecular weight excluding hydrogens is 400 g/mol. The van der Waals surface area contributed by atoms with E-state index in [4.69, 9.17) is 13.9 Å². The summed E-state index contributed by atoms with van der Waals surface area (Å²) in [6.45, 7) is 2.45. The number of halogens is 1. The van der Waals surface area contributed by atoms with Crippen molar-refractivity contribution in [3.63, 3.8) is 0 Å². The molecule has 26 heavy (non-hydrogen) atoms. The van der Waals surface area contributed by atoms with Gasteiger partial charge >= 0.3 is 5.91 Å². The standard InChI is InChI=1S/C19H17BrN2O4/c1-3-25-16-6-4-12(8-17(16)24-2)11-21-22-19(23)18-10-13-9-14(20)5-7-15(13)26-18/h4-11H,3H2,1-2H3,(H,22,23)/b21-11+. The lowest BCUT2D eigenvalue weighted by atomic mass is 10.2. The Bertz CT molecular complexity index is 965. The number of hydrazone groups is 1. The first kappa shape index (κ1) is 18.0. The third-order valence-electron chi connectivity index (χ3n) is 3.57. The molecule has 3 rings (SSSR count). The van der Waals surface area contributed by atoms with Crippen LogP contribution in [0.1, 0.15) is 23.0 Å². The summed E-state index contributed by atoms with van der Waals surface area (Å²) in [5.41, 5.74) is 3.85. The number of rotatable bonds is 6. The highest BCUT2D eigenvalue weighted by atomic mass is 79.9. The Balaban J connectivity index is 1.70. The zero-order valence-corrected chi connectivity index (χ0v) is 15.9. The maximum atomic E-state index is 12.2. The fraction of sp³-hybridized carbons (Fsp3) is 0.158. The molecule has 0 aliphatic carbocycles. The lowest BCUT2D eigenvalue weighted by Gasteiger charge is -2.09. The Morgan fingerprint density at radius 2 is 2.08 bits per heavy atom. The zero-order chi connectivity index (χ0) is 18.5. The molecule has 2 aromatic carbocycles. The van der Waals surface area contributed by atoms with E-state index in [2.05, 4.69) is 26.5 Å². The molecule has 0 aliphatic rings. The number of nitrogens with zero attached hydrogens (tertiary/aromatic N) is 1. The Labute approximate surface area is 158 Å². The first-order valence-corrected chi connectivity index (χ1v) is 8.73. The van der Waals surface area contributed by atoms with E-state index in [1.807, 2.05) is 25.1 Å². The minimum absolute atomic E-state index is 0.194. The molecular formula is C19H17BrN2O4. The molecule has 0 bridgehead atoms. The number of nitrogens with one attached hydrogen (secondary N) is 1. The molecule has 1 heterocycles. The molecule has 0 atom stereocenters. The zero-order valence-electron chi connectivity index (χ0n) is 14.3. The van der Waals surface area contributed by atoms with Crippen molar-refractivity contribution >= 4 is 39.0 Å². The number of carbonyl (C=O) groups is 1. The van der Waals surface area contributed by atoms with E-state index in [1.165, 1.54) is 6.21 Å². The highest BCUT2D eigenvalue weighted by molar-refractivity contribution is 9.10. The molecule has 0 radical (unpaired) electrons. The number of hydrogen-bond donors (Lipinski definition) is 1. The molecule has 0 aliphatic heterocycles. The lowest BCUT2D eigenvalue weighted by Crippen LogP contribution is -2.16. The van der Waals surface area contributed by atoms with Crippen LogP contribution in [-0.4, -0.2) is 25.8 Å². The van der Waals surface area contributed by atoms with Crippen LogP contribution in [0.4, 0.5) is 0 Å². The Morgan fingerprint density at radius 1 is 1.23 bits per heavy atom. The van der Waals surface area contributed by atoms with Gasteiger partial charge in [-0.15, -0.1) is 0 Å². The van der Waals surface area contributed by atoms with Crippen LogP contribution in [0.25, 0.3) is 11.0 Å². The van der Waals surface area contributed by atoms with Gasteiger partial charge in [-0.2, -0.15) is 5.10 Å². The minimum atomic E-state index is -0.425. The number of fused-ring (bicyclic) bond motifs is 1. The molecule has 0 saturated heterocycles. The third-order valence-corrected chi connectivity index (χ3v) is 4.06. The van der Waals surface area contributed by atoms with Crippen molar-refractivity contribution in [3.05, 3.63) is 58.3 Å². The van der Waals surface area contributed by atoms with Gasteiger partial charge in [-0.1, -0.05) is 15.9 Å². The van der Waals surface area contributed by atoms with E-state index in [9.17, 15) is 4.79 Å². The first-order chi connectivity index (χ1) is 12.6. The monoisotopic (exact) mass is 416 g/mol. The van der Waals surface area contributed by atoms with Crippen molar-refractivity contribution in [2.24, 2.45) is 5.10 Å². The topological polar surface area (TPSA) is 73.1 Å². The largest absolute Gasteiger partial charge is 0.493 e. The number of hydrogen-bond acceptors (Lipinski definition) is 5. The summed E-state index contributed by atoms with van der Waals surface area (Å²) in [7, 11) is 1.57. The van der Waals surface area contributed by atoms with Crippen LogP contribution in [-0.2, 0) is 0 Å². The summed E-state index contributed by atoms with van der Waals surface area (Å²) >= 11 is 3.39. The molecule has 0 unspecified atom stereocenters. The second-order valence-corrected chi connectivity index (χ2v) is 6.25. The van der Waals surface area contributed by atoms with E-state index in [1.54, 1.807) is 31.4 Å². The summed E-state index contributed by atoms with van der Waals surface area (Å²) in [5.74, 6) is 1.03. The van der Waals surface area contributed by atoms with Crippen LogP contribution >= 0.6 is 15.9 Å². The number of ether oxygens (including phenoxy) is 2. The highest BCUT2D eigenvalue weighted by Crippen LogP contribution is 2.27. The van der Waals surface area contributed by atoms with Crippen LogP contribution in [0.2, 0.25) is 0 Å². The molecule has 134 valence electrons. The Morgan fingerprint density at radius 3 is 2.85 bits per heavy atom. The maximum absolute atomic E-state index is 12.2. The van der Waals surface area contributed by atoms with Crippen molar-refractivity contribution < 1.29 is 18.7 Å². The van der Waals surface area contributed by atoms with Gasteiger partial charge in [-0.25, -0.2) is 5.43 Å². The second kappa shape index (κ2) is 8.05. The summed E-state index contributed by atoms with van der Waals surface area (Å²) in [4.78, 5) is 12.2. The van der Waals surface area contributed by atoms with Crippen LogP contribution < -0.4 is 14.9 Å². The van der Waals surface area contributed by atoms with E-state index in [-0.39, 0.29) is 5.76 Å². The van der Waals surface area contributed by atoms with Crippen molar-refractivity contribution in [3.8, 4) is 11.5 Å². The van der Waals surface area contributed by atoms with Crippen LogP contribution in [0.3, 0.4) is 0 Å². The maximum Gasteiger partial charge on any atom is 0.307 e. The molecule has 1 aromatic heterocycles. The fourth-order valence-electron chi connectivity index (χ4n) is 2.39. The van der Waals surface area contributed by atoms with Gasteiger partial charge in [0.25, 0.3) is 0 Å². The number of methoxy groups -OCH3 is 1. The van der Waals surface area contributed by atoms with Gasteiger partial charge < -0.3 is 13.9 Å². The summed E-state index contributed by atoms with van der Waals surface area (Å²) in [5, 5.41) is 4.80. The summed E-state index contributed by atoms with van der Waals surface area (Å²) < 4.78 is 17.2. The quantitative estimate of drug-likeness (QED) is 0.478. The number of benzene rings is 2. The predicted molar refractivity (Wildman–Crippen MR) is 103 cm³/mol.